The second kappa shape index (κ2) is 3.87. The smallest absolute Gasteiger partial charge is 0.176 e. The Bertz CT molecular complexity index is 499. The number of hydrogen-bond donors (Lipinski definition) is 1. The molecule has 0 amide bonds. The van der Waals surface area contributed by atoms with Crippen LogP contribution in [-0.4, -0.2) is 23.9 Å². The lowest BCUT2D eigenvalue weighted by molar-refractivity contribution is 0.0993. The van der Waals surface area contributed by atoms with Crippen molar-refractivity contribution in [2.24, 2.45) is 7.05 Å². The van der Waals surface area contributed by atoms with E-state index in [0.29, 0.717) is 6.54 Å². The normalized spacial score (nSPS) is 10.8. The predicted molar refractivity (Wildman–Crippen MR) is 61.2 cm³/mol. The van der Waals surface area contributed by atoms with Crippen molar-refractivity contribution in [3.63, 3.8) is 0 Å². The molecule has 1 N–H and O–H groups in total. The summed E-state index contributed by atoms with van der Waals surface area (Å²) in [7, 11) is 3.77. The monoisotopic (exact) mass is 202 g/mol. The van der Waals surface area contributed by atoms with Crippen LogP contribution in [0.3, 0.4) is 0 Å². The molecular formula is C12H14N2O. The Balaban J connectivity index is 2.43. The molecule has 2 rings (SSSR count). The summed E-state index contributed by atoms with van der Waals surface area (Å²) in [6.07, 6.45) is 2.00. The number of nitrogens with zero attached hydrogens (tertiary/aromatic N) is 1. The molecule has 15 heavy (non-hydrogen) atoms. The van der Waals surface area contributed by atoms with Gasteiger partial charge in [0.2, 0.25) is 0 Å². The standard InChI is InChI=1S/C12H14N2O/c1-13-8-12(15)10-3-4-11-9(7-10)5-6-14(11)2/h3-7,13H,8H2,1-2H3. The fraction of sp³-hybridized carbons (Fsp3) is 0.250. The molecule has 0 aliphatic heterocycles. The van der Waals surface area contributed by atoms with Crippen molar-refractivity contribution >= 4 is 16.7 Å². The van der Waals surface area contributed by atoms with Crippen LogP contribution < -0.4 is 5.32 Å². The Morgan fingerprint density at radius 2 is 2.20 bits per heavy atom. The molecule has 0 saturated heterocycles. The summed E-state index contributed by atoms with van der Waals surface area (Å²) in [4.78, 5) is 11.6. The lowest BCUT2D eigenvalue weighted by Crippen LogP contribution is -2.18. The van der Waals surface area contributed by atoms with Gasteiger partial charge in [0.15, 0.2) is 5.78 Å². The molecule has 0 unspecified atom stereocenters. The molecule has 1 aromatic carbocycles. The van der Waals surface area contributed by atoms with E-state index in [9.17, 15) is 4.79 Å². The van der Waals surface area contributed by atoms with Crippen molar-refractivity contribution in [1.82, 2.24) is 9.88 Å². The Hall–Kier alpha value is -1.61. The van der Waals surface area contributed by atoms with Crippen molar-refractivity contribution < 1.29 is 4.79 Å². The number of aromatic nitrogens is 1. The van der Waals surface area contributed by atoms with Crippen molar-refractivity contribution in [2.75, 3.05) is 13.6 Å². The second-order valence-electron chi connectivity index (χ2n) is 3.65. The third-order valence-electron chi connectivity index (χ3n) is 2.54. The average molecular weight is 202 g/mol. The minimum absolute atomic E-state index is 0.128. The fourth-order valence-electron chi connectivity index (χ4n) is 1.72. The SMILES string of the molecule is CNCC(=O)c1ccc2c(ccn2C)c1. The maximum absolute atomic E-state index is 11.6. The molecular weight excluding hydrogens is 188 g/mol. The molecule has 3 nitrogen and oxygen atoms in total. The molecule has 0 spiro atoms. The van der Waals surface area contributed by atoms with Gasteiger partial charge in [-0.15, -0.1) is 0 Å². The predicted octanol–water partition coefficient (Wildman–Crippen LogP) is 1.58. The first-order valence-corrected chi connectivity index (χ1v) is 4.95. The van der Waals surface area contributed by atoms with Crippen LogP contribution in [0.5, 0.6) is 0 Å². The summed E-state index contributed by atoms with van der Waals surface area (Å²) in [5.41, 5.74) is 1.92. The van der Waals surface area contributed by atoms with Crippen LogP contribution in [0.15, 0.2) is 30.5 Å². The third-order valence-corrected chi connectivity index (χ3v) is 2.54. The Kier molecular flexibility index (Phi) is 2.56. The molecule has 3 heteroatoms. The van der Waals surface area contributed by atoms with Crippen LogP contribution in [-0.2, 0) is 7.05 Å². The number of fused-ring (bicyclic) bond motifs is 1. The Labute approximate surface area is 88.7 Å². The van der Waals surface area contributed by atoms with Gasteiger partial charge in [0, 0.05) is 29.7 Å². The first kappa shape index (κ1) is 9.93. The van der Waals surface area contributed by atoms with Gasteiger partial charge in [-0.25, -0.2) is 0 Å². The maximum Gasteiger partial charge on any atom is 0.176 e. The summed E-state index contributed by atoms with van der Waals surface area (Å²) in [5, 5.41) is 3.98. The molecule has 78 valence electrons. The lowest BCUT2D eigenvalue weighted by atomic mass is 10.1. The second-order valence-corrected chi connectivity index (χ2v) is 3.65. The number of Topliss-reactive ketones (excluding diaryl/α,β-unsaturated/α-hetero) is 1. The van der Waals surface area contributed by atoms with Gasteiger partial charge in [-0.3, -0.25) is 4.79 Å². The number of likely N-dealkylation sites (N-methyl/N-ethyl adjacent to an activating group) is 1. The summed E-state index contributed by atoms with van der Waals surface area (Å²) in [5.74, 6) is 0.128. The summed E-state index contributed by atoms with van der Waals surface area (Å²) < 4.78 is 2.04. The number of carbonyl (C=O) groups is 1. The molecule has 0 atom stereocenters. The maximum atomic E-state index is 11.6. The highest BCUT2D eigenvalue weighted by atomic mass is 16.1. The van der Waals surface area contributed by atoms with Gasteiger partial charge in [-0.05, 0) is 31.3 Å². The number of rotatable bonds is 3. The van der Waals surface area contributed by atoms with Gasteiger partial charge in [0.1, 0.15) is 0 Å². The van der Waals surface area contributed by atoms with Gasteiger partial charge in [-0.1, -0.05) is 0 Å². The van der Waals surface area contributed by atoms with E-state index in [1.165, 1.54) is 0 Å². The van der Waals surface area contributed by atoms with E-state index in [0.717, 1.165) is 16.5 Å². The van der Waals surface area contributed by atoms with Crippen LogP contribution in [0, 0.1) is 0 Å². The number of nitrogens with one attached hydrogen (secondary N) is 1. The number of hydrogen-bond acceptors (Lipinski definition) is 2. The number of ketones is 1. The quantitative estimate of drug-likeness (QED) is 0.767. The highest BCUT2D eigenvalue weighted by Crippen LogP contribution is 2.16. The van der Waals surface area contributed by atoms with E-state index in [1.807, 2.05) is 42.1 Å². The molecule has 1 heterocycles. The minimum atomic E-state index is 0.128. The van der Waals surface area contributed by atoms with Crippen LogP contribution in [0.1, 0.15) is 10.4 Å². The third kappa shape index (κ3) is 1.78. The topological polar surface area (TPSA) is 34.0 Å². The van der Waals surface area contributed by atoms with Crippen molar-refractivity contribution in [3.05, 3.63) is 36.0 Å². The zero-order chi connectivity index (χ0) is 10.8. The Morgan fingerprint density at radius 1 is 1.40 bits per heavy atom. The van der Waals surface area contributed by atoms with E-state index in [4.69, 9.17) is 0 Å². The molecule has 0 saturated carbocycles. The van der Waals surface area contributed by atoms with Gasteiger partial charge in [0.25, 0.3) is 0 Å². The van der Waals surface area contributed by atoms with Gasteiger partial charge >= 0.3 is 0 Å². The first-order chi connectivity index (χ1) is 7.22. The lowest BCUT2D eigenvalue weighted by Gasteiger charge is -2.01. The van der Waals surface area contributed by atoms with E-state index in [1.54, 1.807) is 7.05 Å². The number of benzene rings is 1. The molecule has 0 aliphatic carbocycles. The van der Waals surface area contributed by atoms with Crippen LogP contribution >= 0.6 is 0 Å². The van der Waals surface area contributed by atoms with Crippen molar-refractivity contribution in [3.8, 4) is 0 Å². The average Bonchev–Trinajstić information content (AvgIpc) is 2.60. The highest BCUT2D eigenvalue weighted by Gasteiger charge is 2.06. The Morgan fingerprint density at radius 3 is 2.93 bits per heavy atom. The van der Waals surface area contributed by atoms with E-state index in [-0.39, 0.29) is 5.78 Å². The van der Waals surface area contributed by atoms with Crippen LogP contribution in [0.2, 0.25) is 0 Å². The summed E-state index contributed by atoms with van der Waals surface area (Å²) >= 11 is 0. The van der Waals surface area contributed by atoms with Crippen molar-refractivity contribution in [2.45, 2.75) is 0 Å². The van der Waals surface area contributed by atoms with E-state index < -0.39 is 0 Å². The first-order valence-electron chi connectivity index (χ1n) is 4.95. The molecule has 1 aromatic heterocycles. The van der Waals surface area contributed by atoms with E-state index in [2.05, 4.69) is 5.32 Å². The van der Waals surface area contributed by atoms with Crippen molar-refractivity contribution in [1.29, 1.82) is 0 Å². The van der Waals surface area contributed by atoms with Crippen LogP contribution in [0.4, 0.5) is 0 Å². The fourth-order valence-corrected chi connectivity index (χ4v) is 1.72. The summed E-state index contributed by atoms with van der Waals surface area (Å²) in [6.45, 7) is 0.387. The van der Waals surface area contributed by atoms with Gasteiger partial charge < -0.3 is 9.88 Å². The highest BCUT2D eigenvalue weighted by molar-refractivity contribution is 6.00. The number of aryl methyl sites for hydroxylation is 1. The molecule has 2 aromatic rings. The minimum Gasteiger partial charge on any atom is -0.351 e. The van der Waals surface area contributed by atoms with E-state index >= 15 is 0 Å². The largest absolute Gasteiger partial charge is 0.351 e. The van der Waals surface area contributed by atoms with Crippen LogP contribution in [0.25, 0.3) is 10.9 Å². The van der Waals surface area contributed by atoms with Gasteiger partial charge in [-0.2, -0.15) is 0 Å². The zero-order valence-corrected chi connectivity index (χ0v) is 8.95. The zero-order valence-electron chi connectivity index (χ0n) is 8.95. The molecule has 0 aliphatic rings. The summed E-state index contributed by atoms with van der Waals surface area (Å²) in [6, 6.07) is 7.82. The molecule has 0 fully saturated rings. The number of carbonyl (C=O) groups excluding carboxylic acids is 1. The van der Waals surface area contributed by atoms with Gasteiger partial charge in [0.05, 0.1) is 6.54 Å². The molecule has 0 radical (unpaired) electrons. The molecule has 0 bridgehead atoms.